The molecule has 0 amide bonds. The maximum absolute atomic E-state index is 15.4. The van der Waals surface area contributed by atoms with Gasteiger partial charge < -0.3 is 4.79 Å². The summed E-state index contributed by atoms with van der Waals surface area (Å²) in [4.78, 5) is 10.4. The van der Waals surface area contributed by atoms with E-state index in [4.69, 9.17) is 9.53 Å². The van der Waals surface area contributed by atoms with Gasteiger partial charge in [-0.15, -0.1) is 33.6 Å². The Hall–Kier alpha value is -6.20. The van der Waals surface area contributed by atoms with Crippen LogP contribution in [0.4, 0.5) is 87.8 Å². The van der Waals surface area contributed by atoms with Gasteiger partial charge in [-0.3, -0.25) is 4.74 Å². The molecular weight excluding hydrogens is 947 g/mol. The van der Waals surface area contributed by atoms with Gasteiger partial charge in [-0.05, 0) is 31.0 Å². The molecule has 6 aromatic rings. The zero-order chi connectivity index (χ0) is 48.7. The Morgan fingerprint density at radius 2 is 0.738 bits per heavy atom. The molecule has 0 atom stereocenters. The Morgan fingerprint density at radius 1 is 0.446 bits per heavy atom. The van der Waals surface area contributed by atoms with E-state index < -0.39 is 144 Å². The minimum absolute atomic E-state index is 0.0300. The number of rotatable bonds is 9. The van der Waals surface area contributed by atoms with E-state index in [2.05, 4.69) is 30.3 Å². The number of carbonyl (C=O) groups excluding carboxylic acids is 1. The molecule has 0 spiro atoms. The number of thioether (sulfide) groups is 1. The molecule has 0 bridgehead atoms. The maximum Gasteiger partial charge on any atom is 0.485 e. The average molecular weight is 966 g/mol. The summed E-state index contributed by atoms with van der Waals surface area (Å²) in [7, 11) is 0. The van der Waals surface area contributed by atoms with Crippen molar-refractivity contribution in [2.24, 2.45) is 0 Å². The summed E-state index contributed by atoms with van der Waals surface area (Å²) < 4.78 is 299. The van der Waals surface area contributed by atoms with Crippen LogP contribution in [-0.2, 0) is 6.42 Å². The van der Waals surface area contributed by atoms with Crippen LogP contribution in [0.2, 0.25) is 0 Å². The monoisotopic (exact) mass is 966 g/mol. The Balaban J connectivity index is 0.000000330. The second kappa shape index (κ2) is 19.1. The van der Waals surface area contributed by atoms with Gasteiger partial charge in [-0.25, -0.2) is 87.8 Å². The van der Waals surface area contributed by atoms with Crippen molar-refractivity contribution in [3.05, 3.63) is 176 Å². The van der Waals surface area contributed by atoms with Crippen molar-refractivity contribution < 1.29 is 97.3 Å². The summed E-state index contributed by atoms with van der Waals surface area (Å²) in [6, 6.07) is 16.5. The standard InChI is InChI=1S/C24BF20.C17H18O2S/c26-5-1(6(27)14(35)21(42)13(5)34)25(2-7(28)15(36)22(43)16(37)8(2)29,3-9(30)17(38)23(44)18(39)10(3)31)4-11(32)19(40)24(45)20(41)12(4)33;1-13-12-16(8-9-17(13)19-14(2)18)20-11-10-15-6-4-3-5-7-15/h;3-9,12H,10-11H2,1-2H3/q-1;/p+1. The highest BCUT2D eigenvalue weighted by molar-refractivity contribution is 7.99. The lowest BCUT2D eigenvalue weighted by atomic mass is 9.12. The first-order chi connectivity index (χ1) is 30.3. The summed E-state index contributed by atoms with van der Waals surface area (Å²) in [5, 5.41) is 0. The summed E-state index contributed by atoms with van der Waals surface area (Å²) in [5.74, 6) is -69.7. The minimum atomic E-state index is -7.22. The Bertz CT molecular complexity index is 2500. The van der Waals surface area contributed by atoms with E-state index in [1.54, 1.807) is 0 Å². The average Bonchev–Trinajstić information content (AvgIpc) is 3.27. The first-order valence-electron chi connectivity index (χ1n) is 17.6. The molecule has 24 heteroatoms. The smallest absolute Gasteiger partial charge is 0.339 e. The van der Waals surface area contributed by atoms with Crippen LogP contribution in [-0.4, -0.2) is 22.7 Å². The second-order valence-corrected chi connectivity index (χ2v) is 14.6. The van der Waals surface area contributed by atoms with E-state index in [0.29, 0.717) is 5.75 Å². The topological polar surface area (TPSA) is 30.6 Å². The molecule has 6 rings (SSSR count). The van der Waals surface area contributed by atoms with E-state index in [-0.39, 0.29) is 5.97 Å². The molecule has 0 aliphatic carbocycles. The quantitative estimate of drug-likeness (QED) is 0.0211. The Labute approximate surface area is 355 Å². The summed E-state index contributed by atoms with van der Waals surface area (Å²) in [5.41, 5.74) is -11.9. The third-order valence-corrected chi connectivity index (χ3v) is 10.6. The van der Waals surface area contributed by atoms with Crippen LogP contribution >= 0.6 is 11.8 Å². The number of aryl methyl sites for hydroxylation is 2. The molecule has 0 aliphatic heterocycles. The number of hydrogen-bond acceptors (Lipinski definition) is 2. The fourth-order valence-corrected chi connectivity index (χ4v) is 7.79. The van der Waals surface area contributed by atoms with Crippen LogP contribution in [0.1, 0.15) is 18.1 Å². The minimum Gasteiger partial charge on any atom is -0.339 e. The lowest BCUT2D eigenvalue weighted by Crippen LogP contribution is -2.81. The molecule has 0 saturated carbocycles. The van der Waals surface area contributed by atoms with Crippen molar-refractivity contribution in [1.29, 1.82) is 0 Å². The molecule has 65 heavy (non-hydrogen) atoms. The molecule has 0 aliphatic rings. The highest BCUT2D eigenvalue weighted by Gasteiger charge is 2.52. The van der Waals surface area contributed by atoms with Crippen molar-refractivity contribution in [3.63, 3.8) is 0 Å². The van der Waals surface area contributed by atoms with Gasteiger partial charge in [0, 0.05) is 22.3 Å². The summed E-state index contributed by atoms with van der Waals surface area (Å²) in [6.07, 6.45) is -6.16. The highest BCUT2D eigenvalue weighted by atomic mass is 32.2. The molecule has 1 N–H and O–H groups in total. The molecule has 0 unspecified atom stereocenters. The molecular formula is C41H19BF20O2S. The fraction of sp³-hybridized carbons (Fsp3) is 0.0976. The van der Waals surface area contributed by atoms with Crippen LogP contribution in [0.3, 0.4) is 0 Å². The van der Waals surface area contributed by atoms with Crippen molar-refractivity contribution in [2.45, 2.75) is 25.2 Å². The van der Waals surface area contributed by atoms with E-state index in [9.17, 15) is 52.7 Å². The molecule has 0 radical (unpaired) electrons. The lowest BCUT2D eigenvalue weighted by molar-refractivity contribution is 0.378. The first-order valence-corrected chi connectivity index (χ1v) is 18.5. The van der Waals surface area contributed by atoms with E-state index in [1.165, 1.54) is 17.4 Å². The predicted molar refractivity (Wildman–Crippen MR) is 195 cm³/mol. The number of halogens is 20. The molecule has 0 aromatic heterocycles. The van der Waals surface area contributed by atoms with Gasteiger partial charge in [0.05, 0.1) is 6.92 Å². The van der Waals surface area contributed by atoms with Gasteiger partial charge in [0.1, 0.15) is 52.7 Å². The van der Waals surface area contributed by atoms with Crippen molar-refractivity contribution in [3.8, 4) is 5.75 Å². The number of esters is 1. The van der Waals surface area contributed by atoms with E-state index in [0.717, 1.165) is 17.7 Å². The van der Waals surface area contributed by atoms with Gasteiger partial charge in [-0.2, -0.15) is 0 Å². The van der Waals surface area contributed by atoms with Gasteiger partial charge in [0.25, 0.3) is 5.75 Å². The van der Waals surface area contributed by atoms with Gasteiger partial charge in [0.15, 0.2) is 69.8 Å². The third kappa shape index (κ3) is 8.59. The summed E-state index contributed by atoms with van der Waals surface area (Å²) in [6.45, 7) is 3.52. The predicted octanol–water partition coefficient (Wildman–Crippen LogP) is 10.1. The fourth-order valence-electron chi connectivity index (χ4n) is 6.79. The number of benzene rings is 6. The van der Waals surface area contributed by atoms with Crippen molar-refractivity contribution in [2.75, 3.05) is 5.75 Å². The highest BCUT2D eigenvalue weighted by Crippen LogP contribution is 2.31. The number of ether oxygens (including phenoxy) is 1. The summed E-state index contributed by atoms with van der Waals surface area (Å²) >= 11 is 1.83. The van der Waals surface area contributed by atoms with Gasteiger partial charge in [0.2, 0.25) is 0 Å². The molecule has 0 fully saturated rings. The normalized spacial score (nSPS) is 11.5. The van der Waals surface area contributed by atoms with Gasteiger partial charge in [-0.1, -0.05) is 30.3 Å². The van der Waals surface area contributed by atoms with Crippen molar-refractivity contribution in [1.82, 2.24) is 0 Å². The molecule has 2 nitrogen and oxygen atoms in total. The molecule has 344 valence electrons. The third-order valence-electron chi connectivity index (χ3n) is 9.61. The zero-order valence-corrected chi connectivity index (χ0v) is 32.7. The van der Waals surface area contributed by atoms with Crippen LogP contribution < -0.4 is 26.6 Å². The SMILES string of the molecule is CC(=[OH+])Oc1ccc(SCCc2ccccc2)cc1C.Fc1c(F)c(F)c([B-](c2c(F)c(F)c(F)c(F)c2F)(c2c(F)c(F)c(F)c(F)c2F)c2c(F)c(F)c(F)c(F)c2F)c(F)c1F. The number of hydrogen-bond donors (Lipinski definition) is 0. The first kappa shape index (κ1) is 49.8. The maximum atomic E-state index is 15.4. The van der Waals surface area contributed by atoms with E-state index in [1.807, 2.05) is 36.9 Å². The largest absolute Gasteiger partial charge is 0.485 e. The zero-order valence-electron chi connectivity index (χ0n) is 31.9. The Morgan fingerprint density at radius 3 is 1.02 bits per heavy atom. The van der Waals surface area contributed by atoms with Crippen LogP contribution in [0.15, 0.2) is 53.4 Å². The lowest BCUT2D eigenvalue weighted by Gasteiger charge is -2.44. The molecule has 6 aromatic carbocycles. The second-order valence-electron chi connectivity index (χ2n) is 13.4. The van der Waals surface area contributed by atoms with Crippen LogP contribution in [0, 0.1) is 123 Å². The van der Waals surface area contributed by atoms with Crippen LogP contribution in [0.25, 0.3) is 0 Å². The van der Waals surface area contributed by atoms with Gasteiger partial charge >= 0.3 is 5.97 Å². The molecule has 0 heterocycles. The van der Waals surface area contributed by atoms with Crippen LogP contribution in [0.5, 0.6) is 5.75 Å². The Kier molecular flexibility index (Phi) is 14.6. The molecule has 0 saturated heterocycles. The van der Waals surface area contributed by atoms with Crippen molar-refractivity contribution >= 4 is 45.7 Å². The van der Waals surface area contributed by atoms with E-state index >= 15 is 35.1 Å².